The second-order valence-electron chi connectivity index (χ2n) is 8.58. The van der Waals surface area contributed by atoms with Crippen molar-refractivity contribution in [1.29, 1.82) is 0 Å². The van der Waals surface area contributed by atoms with Gasteiger partial charge in [-0.15, -0.1) is 0 Å². The largest absolute Gasteiger partial charge is 0.417 e. The molecule has 1 nitrogen and oxygen atoms in total. The molecule has 4 aromatic carbocycles. The predicted octanol–water partition coefficient (Wildman–Crippen LogP) is 9.79. The third-order valence-electron chi connectivity index (χ3n) is 6.22. The second-order valence-corrected chi connectivity index (χ2v) is 8.58. The monoisotopic (exact) mass is 519 g/mol. The number of rotatable bonds is 4. The highest BCUT2D eigenvalue weighted by Gasteiger charge is 2.38. The number of nitrogens with zero attached hydrogens (tertiary/aromatic N) is 1. The van der Waals surface area contributed by atoms with Gasteiger partial charge in [-0.3, -0.25) is 4.98 Å². The van der Waals surface area contributed by atoms with Gasteiger partial charge in [0, 0.05) is 22.9 Å². The zero-order valence-electron chi connectivity index (χ0n) is 19.7. The summed E-state index contributed by atoms with van der Waals surface area (Å²) in [5.41, 5.74) is -1.26. The van der Waals surface area contributed by atoms with E-state index in [9.17, 15) is 26.3 Å². The lowest BCUT2D eigenvalue weighted by Gasteiger charge is -2.22. The molecule has 1 aromatic heterocycles. The summed E-state index contributed by atoms with van der Waals surface area (Å²) in [6, 6.07) is 27.2. The lowest BCUT2D eigenvalue weighted by molar-refractivity contribution is -0.138. The number of hydrogen-bond donors (Lipinski definition) is 0. The maximum Gasteiger partial charge on any atom is 0.417 e. The smallest absolute Gasteiger partial charge is 0.256 e. The number of aromatic nitrogens is 1. The fourth-order valence-electron chi connectivity index (χ4n) is 4.65. The molecule has 190 valence electrons. The minimum absolute atomic E-state index is 0.0480. The van der Waals surface area contributed by atoms with Gasteiger partial charge in [-0.2, -0.15) is 26.3 Å². The van der Waals surface area contributed by atoms with Crippen LogP contribution in [0, 0.1) is 0 Å². The molecule has 5 rings (SSSR count). The summed E-state index contributed by atoms with van der Waals surface area (Å²) in [7, 11) is 0. The van der Waals surface area contributed by atoms with Crippen molar-refractivity contribution in [3.63, 3.8) is 0 Å². The lowest BCUT2D eigenvalue weighted by Crippen LogP contribution is -2.11. The molecule has 1 heterocycles. The maximum atomic E-state index is 14.4. The first-order chi connectivity index (χ1) is 18.2. The summed E-state index contributed by atoms with van der Waals surface area (Å²) in [5.74, 6) is 0. The SMILES string of the molecule is FC(F)(F)c1cccc(-c2ccccc2)c1-c1cccnc1-c1c(-c2ccccc2)cccc1C(F)(F)F. The van der Waals surface area contributed by atoms with Crippen LogP contribution in [0.2, 0.25) is 0 Å². The van der Waals surface area contributed by atoms with Crippen LogP contribution < -0.4 is 0 Å². The summed E-state index contributed by atoms with van der Waals surface area (Å²) in [6.07, 6.45) is -8.25. The van der Waals surface area contributed by atoms with E-state index in [1.54, 1.807) is 60.7 Å². The van der Waals surface area contributed by atoms with E-state index in [0.29, 0.717) is 11.1 Å². The number of alkyl halides is 6. The highest BCUT2D eigenvalue weighted by atomic mass is 19.4. The standard InChI is InChI=1S/C31H19F6N/c32-30(33,34)25-17-7-14-22(20-10-3-1-4-11-20)27(25)24-16-9-19-38-29(24)28-23(21-12-5-2-6-13-21)15-8-18-26(28)31(35,36)37/h1-19H. The Morgan fingerprint density at radius 3 is 1.37 bits per heavy atom. The molecular formula is C31H19F6N. The van der Waals surface area contributed by atoms with E-state index >= 15 is 0 Å². The van der Waals surface area contributed by atoms with Gasteiger partial charge < -0.3 is 0 Å². The van der Waals surface area contributed by atoms with Gasteiger partial charge in [-0.1, -0.05) is 91.0 Å². The normalized spacial score (nSPS) is 11.9. The molecule has 0 amide bonds. The third kappa shape index (κ3) is 4.79. The molecule has 0 N–H and O–H groups in total. The molecule has 38 heavy (non-hydrogen) atoms. The van der Waals surface area contributed by atoms with Crippen LogP contribution in [0.3, 0.4) is 0 Å². The quantitative estimate of drug-likeness (QED) is 0.215. The lowest BCUT2D eigenvalue weighted by atomic mass is 9.85. The van der Waals surface area contributed by atoms with Crippen molar-refractivity contribution in [2.24, 2.45) is 0 Å². The van der Waals surface area contributed by atoms with Gasteiger partial charge in [0.15, 0.2) is 0 Å². The second kappa shape index (κ2) is 9.82. The molecule has 0 saturated carbocycles. The van der Waals surface area contributed by atoms with Crippen molar-refractivity contribution in [3.8, 4) is 44.6 Å². The zero-order valence-corrected chi connectivity index (χ0v) is 19.7. The minimum Gasteiger partial charge on any atom is -0.256 e. The fraction of sp³-hybridized carbons (Fsp3) is 0.0645. The summed E-state index contributed by atoms with van der Waals surface area (Å²) in [5, 5.41) is 0. The molecule has 0 radical (unpaired) electrons. The highest BCUT2D eigenvalue weighted by molar-refractivity contribution is 5.96. The predicted molar refractivity (Wildman–Crippen MR) is 136 cm³/mol. The molecule has 0 aliphatic carbocycles. The van der Waals surface area contributed by atoms with E-state index in [1.165, 1.54) is 42.6 Å². The zero-order chi connectivity index (χ0) is 26.9. The Labute approximate surface area is 215 Å². The van der Waals surface area contributed by atoms with Gasteiger partial charge in [0.1, 0.15) is 0 Å². The molecule has 0 aliphatic rings. The van der Waals surface area contributed by atoms with Crippen molar-refractivity contribution >= 4 is 0 Å². The summed E-state index contributed by atoms with van der Waals surface area (Å²) in [6.45, 7) is 0. The van der Waals surface area contributed by atoms with Crippen LogP contribution in [0.5, 0.6) is 0 Å². The van der Waals surface area contributed by atoms with Crippen LogP contribution >= 0.6 is 0 Å². The van der Waals surface area contributed by atoms with E-state index in [1.807, 2.05) is 0 Å². The van der Waals surface area contributed by atoms with E-state index in [2.05, 4.69) is 4.98 Å². The van der Waals surface area contributed by atoms with Gasteiger partial charge >= 0.3 is 12.4 Å². The molecule has 0 atom stereocenters. The minimum atomic E-state index is -4.78. The Hall–Kier alpha value is -4.39. The van der Waals surface area contributed by atoms with Crippen LogP contribution in [0.4, 0.5) is 26.3 Å². The van der Waals surface area contributed by atoms with Crippen LogP contribution in [0.25, 0.3) is 44.6 Å². The Balaban J connectivity index is 1.91. The van der Waals surface area contributed by atoms with Crippen molar-refractivity contribution in [2.45, 2.75) is 12.4 Å². The van der Waals surface area contributed by atoms with E-state index in [-0.39, 0.29) is 33.5 Å². The Morgan fingerprint density at radius 2 is 0.868 bits per heavy atom. The first kappa shape index (κ1) is 25.3. The molecule has 5 aromatic rings. The molecule has 0 bridgehead atoms. The van der Waals surface area contributed by atoms with E-state index in [4.69, 9.17) is 0 Å². The van der Waals surface area contributed by atoms with Gasteiger partial charge in [0.05, 0.1) is 16.8 Å². The van der Waals surface area contributed by atoms with E-state index < -0.39 is 23.5 Å². The van der Waals surface area contributed by atoms with Gasteiger partial charge in [-0.25, -0.2) is 0 Å². The first-order valence-corrected chi connectivity index (χ1v) is 11.6. The summed E-state index contributed by atoms with van der Waals surface area (Å²) < 4.78 is 86.2. The molecule has 0 spiro atoms. The van der Waals surface area contributed by atoms with Gasteiger partial charge in [-0.05, 0) is 40.5 Å². The molecule has 0 aliphatic heterocycles. The van der Waals surface area contributed by atoms with Crippen molar-refractivity contribution in [2.75, 3.05) is 0 Å². The first-order valence-electron chi connectivity index (χ1n) is 11.6. The Morgan fingerprint density at radius 1 is 0.421 bits per heavy atom. The van der Waals surface area contributed by atoms with Gasteiger partial charge in [0.25, 0.3) is 0 Å². The number of pyridine rings is 1. The Bertz CT molecular complexity index is 1450. The molecule has 7 heteroatoms. The van der Waals surface area contributed by atoms with Crippen LogP contribution in [0.1, 0.15) is 11.1 Å². The molecule has 0 unspecified atom stereocenters. The van der Waals surface area contributed by atoms with Crippen molar-refractivity contribution < 1.29 is 26.3 Å². The van der Waals surface area contributed by atoms with Crippen LogP contribution in [0.15, 0.2) is 115 Å². The summed E-state index contributed by atoms with van der Waals surface area (Å²) >= 11 is 0. The van der Waals surface area contributed by atoms with Crippen LogP contribution in [-0.2, 0) is 12.4 Å². The van der Waals surface area contributed by atoms with Crippen molar-refractivity contribution in [3.05, 3.63) is 127 Å². The maximum absolute atomic E-state index is 14.4. The van der Waals surface area contributed by atoms with Crippen LogP contribution in [-0.4, -0.2) is 4.98 Å². The fourth-order valence-corrected chi connectivity index (χ4v) is 4.65. The van der Waals surface area contributed by atoms with Gasteiger partial charge in [0.2, 0.25) is 0 Å². The number of halogens is 6. The molecule has 0 fully saturated rings. The van der Waals surface area contributed by atoms with E-state index in [0.717, 1.165) is 12.1 Å². The average Bonchev–Trinajstić information content (AvgIpc) is 2.92. The topological polar surface area (TPSA) is 12.9 Å². The number of hydrogen-bond acceptors (Lipinski definition) is 1. The van der Waals surface area contributed by atoms with Crippen molar-refractivity contribution in [1.82, 2.24) is 4.98 Å². The molecule has 0 saturated heterocycles. The Kier molecular flexibility index (Phi) is 6.53. The third-order valence-corrected chi connectivity index (χ3v) is 6.22. The highest BCUT2D eigenvalue weighted by Crippen LogP contribution is 2.49. The number of benzene rings is 4. The summed E-state index contributed by atoms with van der Waals surface area (Å²) in [4.78, 5) is 4.28. The average molecular weight is 519 g/mol. The molecular weight excluding hydrogens is 500 g/mol.